The second-order valence-corrected chi connectivity index (χ2v) is 6.28. The van der Waals surface area contributed by atoms with Crippen molar-refractivity contribution in [3.8, 4) is 0 Å². The predicted molar refractivity (Wildman–Crippen MR) is 92.4 cm³/mol. The Morgan fingerprint density at radius 3 is 2.42 bits per heavy atom. The van der Waals surface area contributed by atoms with Crippen LogP contribution in [0.2, 0.25) is 0 Å². The average Bonchev–Trinajstić information content (AvgIpc) is 3.43. The van der Waals surface area contributed by atoms with Gasteiger partial charge in [-0.2, -0.15) is 0 Å². The van der Waals surface area contributed by atoms with E-state index in [-0.39, 0.29) is 23.8 Å². The quantitative estimate of drug-likeness (QED) is 0.584. The van der Waals surface area contributed by atoms with Gasteiger partial charge in [0.15, 0.2) is 6.61 Å². The van der Waals surface area contributed by atoms with Crippen LogP contribution in [0.25, 0.3) is 0 Å². The molecule has 0 amide bonds. The van der Waals surface area contributed by atoms with Gasteiger partial charge in [-0.15, -0.1) is 0 Å². The Kier molecular flexibility index (Phi) is 4.88. The van der Waals surface area contributed by atoms with Gasteiger partial charge in [0, 0.05) is 23.0 Å². The van der Waals surface area contributed by atoms with Gasteiger partial charge in [-0.3, -0.25) is 4.79 Å². The topological polar surface area (TPSA) is 87.5 Å². The fourth-order valence-corrected chi connectivity index (χ4v) is 3.00. The molecule has 26 heavy (non-hydrogen) atoms. The predicted octanol–water partition coefficient (Wildman–Crippen LogP) is 2.66. The number of aryl methyl sites for hydroxylation is 1. The van der Waals surface area contributed by atoms with Crippen LogP contribution in [0.5, 0.6) is 0 Å². The van der Waals surface area contributed by atoms with Crippen molar-refractivity contribution in [1.29, 1.82) is 0 Å². The lowest BCUT2D eigenvalue weighted by atomic mass is 10.1. The van der Waals surface area contributed by atoms with Gasteiger partial charge < -0.3 is 14.0 Å². The van der Waals surface area contributed by atoms with Crippen molar-refractivity contribution < 1.29 is 23.9 Å². The zero-order valence-corrected chi connectivity index (χ0v) is 14.9. The Bertz CT molecular complexity index is 880. The maximum Gasteiger partial charge on any atom is 0.357 e. The summed E-state index contributed by atoms with van der Waals surface area (Å²) in [4.78, 5) is 39.9. The first-order chi connectivity index (χ1) is 12.4. The van der Waals surface area contributed by atoms with E-state index < -0.39 is 11.9 Å². The van der Waals surface area contributed by atoms with Crippen LogP contribution in [0.4, 0.5) is 0 Å². The lowest BCUT2D eigenvalue weighted by Crippen LogP contribution is -2.17. The van der Waals surface area contributed by atoms with Crippen molar-refractivity contribution in [2.75, 3.05) is 13.7 Å². The monoisotopic (exact) mass is 356 g/mol. The van der Waals surface area contributed by atoms with Crippen LogP contribution in [-0.4, -0.2) is 41.0 Å². The molecule has 1 saturated carbocycles. The summed E-state index contributed by atoms with van der Waals surface area (Å²) in [6, 6.07) is 6.66. The lowest BCUT2D eigenvalue weighted by molar-refractivity contribution is 0.0467. The van der Waals surface area contributed by atoms with Crippen molar-refractivity contribution in [1.82, 2.24) is 9.55 Å². The number of esters is 2. The zero-order valence-electron chi connectivity index (χ0n) is 14.9. The number of nitrogens with zero attached hydrogens (tertiary/aromatic N) is 2. The van der Waals surface area contributed by atoms with E-state index in [0.717, 1.165) is 24.2 Å². The maximum absolute atomic E-state index is 12.4. The third-order valence-corrected chi connectivity index (χ3v) is 4.38. The smallest absolute Gasteiger partial charge is 0.357 e. The minimum Gasteiger partial charge on any atom is -0.464 e. The Labute approximate surface area is 150 Å². The van der Waals surface area contributed by atoms with Crippen molar-refractivity contribution in [2.45, 2.75) is 32.7 Å². The molecule has 2 heterocycles. The molecular formula is C19H20N2O5. The number of carbonyl (C=O) groups is 3. The summed E-state index contributed by atoms with van der Waals surface area (Å²) in [5, 5.41) is 0. The Morgan fingerprint density at radius 1 is 1.15 bits per heavy atom. The van der Waals surface area contributed by atoms with E-state index in [1.165, 1.54) is 25.3 Å². The molecule has 3 rings (SSSR count). The molecule has 136 valence electrons. The minimum atomic E-state index is -0.764. The molecule has 0 aliphatic heterocycles. The molecule has 0 unspecified atom stereocenters. The summed E-state index contributed by atoms with van der Waals surface area (Å²) in [5.41, 5.74) is 2.45. The van der Waals surface area contributed by atoms with Gasteiger partial charge in [0.1, 0.15) is 11.4 Å². The molecule has 2 aromatic heterocycles. The molecule has 2 aromatic rings. The number of rotatable bonds is 6. The molecule has 0 N–H and O–H groups in total. The molecule has 0 radical (unpaired) electrons. The normalized spacial score (nSPS) is 13.3. The second kappa shape index (κ2) is 7.11. The summed E-state index contributed by atoms with van der Waals surface area (Å²) in [7, 11) is 1.23. The molecule has 7 nitrogen and oxygen atoms in total. The van der Waals surface area contributed by atoms with E-state index >= 15 is 0 Å². The number of hydrogen-bond acceptors (Lipinski definition) is 6. The van der Waals surface area contributed by atoms with Crippen molar-refractivity contribution in [2.24, 2.45) is 0 Å². The first kappa shape index (κ1) is 17.8. The molecule has 0 bridgehead atoms. The van der Waals surface area contributed by atoms with Gasteiger partial charge in [-0.05, 0) is 44.9 Å². The zero-order chi connectivity index (χ0) is 18.8. The molecular weight excluding hydrogens is 336 g/mol. The average molecular weight is 356 g/mol. The molecule has 0 saturated heterocycles. The third-order valence-electron chi connectivity index (χ3n) is 4.38. The van der Waals surface area contributed by atoms with Crippen molar-refractivity contribution in [3.05, 3.63) is 52.6 Å². The number of pyridine rings is 1. The second-order valence-electron chi connectivity index (χ2n) is 6.28. The van der Waals surface area contributed by atoms with Crippen LogP contribution in [0.1, 0.15) is 61.6 Å². The Hall–Kier alpha value is -2.96. The number of hydrogen-bond donors (Lipinski definition) is 0. The van der Waals surface area contributed by atoms with Crippen LogP contribution >= 0.6 is 0 Å². The van der Waals surface area contributed by atoms with Crippen LogP contribution in [0.3, 0.4) is 0 Å². The fourth-order valence-electron chi connectivity index (χ4n) is 3.00. The number of aromatic nitrogens is 2. The Balaban J connectivity index is 1.67. The highest BCUT2D eigenvalue weighted by Gasteiger charge is 2.28. The fraction of sp³-hybridized carbons (Fsp3) is 0.368. The molecule has 1 fully saturated rings. The van der Waals surface area contributed by atoms with Gasteiger partial charge in [0.25, 0.3) is 0 Å². The highest BCUT2D eigenvalue weighted by molar-refractivity contribution is 6.00. The highest BCUT2D eigenvalue weighted by Crippen LogP contribution is 2.38. The highest BCUT2D eigenvalue weighted by atomic mass is 16.5. The van der Waals surface area contributed by atoms with Gasteiger partial charge >= 0.3 is 11.9 Å². The number of carbonyl (C=O) groups excluding carboxylic acids is 3. The summed E-state index contributed by atoms with van der Waals surface area (Å²) in [6.45, 7) is 3.50. The number of ether oxygens (including phenoxy) is 2. The molecule has 1 aliphatic rings. The van der Waals surface area contributed by atoms with Gasteiger partial charge in [0.2, 0.25) is 5.78 Å². The van der Waals surface area contributed by atoms with E-state index in [2.05, 4.69) is 14.3 Å². The van der Waals surface area contributed by atoms with E-state index in [4.69, 9.17) is 4.74 Å². The molecule has 0 spiro atoms. The molecule has 0 atom stereocenters. The summed E-state index contributed by atoms with van der Waals surface area (Å²) >= 11 is 0. The van der Waals surface area contributed by atoms with Crippen LogP contribution in [-0.2, 0) is 9.47 Å². The van der Waals surface area contributed by atoms with Crippen molar-refractivity contribution >= 4 is 17.7 Å². The minimum absolute atomic E-state index is 0.00116. The Morgan fingerprint density at radius 2 is 1.81 bits per heavy atom. The first-order valence-corrected chi connectivity index (χ1v) is 8.36. The van der Waals surface area contributed by atoms with Crippen LogP contribution in [0.15, 0.2) is 24.3 Å². The van der Waals surface area contributed by atoms with Crippen LogP contribution < -0.4 is 0 Å². The van der Waals surface area contributed by atoms with Crippen molar-refractivity contribution in [3.63, 3.8) is 0 Å². The number of Topliss-reactive ketones (excluding diaryl/α,β-unsaturated/α-hetero) is 1. The van der Waals surface area contributed by atoms with Gasteiger partial charge in [0.05, 0.1) is 7.11 Å². The molecule has 0 aromatic carbocycles. The largest absolute Gasteiger partial charge is 0.464 e. The number of methoxy groups -OCH3 is 1. The molecule has 1 aliphatic carbocycles. The van der Waals surface area contributed by atoms with E-state index in [9.17, 15) is 14.4 Å². The summed E-state index contributed by atoms with van der Waals surface area (Å²) in [5.74, 6) is -1.68. The maximum atomic E-state index is 12.4. The number of ketones is 1. The first-order valence-electron chi connectivity index (χ1n) is 8.36. The van der Waals surface area contributed by atoms with E-state index in [1.54, 1.807) is 0 Å². The van der Waals surface area contributed by atoms with E-state index in [1.807, 2.05) is 19.9 Å². The van der Waals surface area contributed by atoms with E-state index in [0.29, 0.717) is 11.6 Å². The lowest BCUT2D eigenvalue weighted by Gasteiger charge is -2.08. The summed E-state index contributed by atoms with van der Waals surface area (Å²) in [6.07, 6.45) is 2.25. The van der Waals surface area contributed by atoms with Crippen LogP contribution in [0, 0.1) is 13.8 Å². The standard InChI is InChI=1S/C19H20N2O5/c1-11-9-14(12(2)21(11)13-7-8-13)17(22)10-26-19(24)16-6-4-5-15(20-16)18(23)25-3/h4-6,9,13H,7-8,10H2,1-3H3. The third kappa shape index (κ3) is 3.51. The SMILES string of the molecule is COC(=O)c1cccc(C(=O)OCC(=O)c2cc(C)n(C3CC3)c2C)n1. The summed E-state index contributed by atoms with van der Waals surface area (Å²) < 4.78 is 11.8. The van der Waals surface area contributed by atoms with Gasteiger partial charge in [-0.1, -0.05) is 6.07 Å². The van der Waals surface area contributed by atoms with Gasteiger partial charge in [-0.25, -0.2) is 14.6 Å². The molecule has 7 heteroatoms.